The van der Waals surface area contributed by atoms with Crippen molar-refractivity contribution in [1.29, 1.82) is 0 Å². The summed E-state index contributed by atoms with van der Waals surface area (Å²) >= 11 is 0. The van der Waals surface area contributed by atoms with Gasteiger partial charge in [0.2, 0.25) is 0 Å². The summed E-state index contributed by atoms with van der Waals surface area (Å²) in [5.74, 6) is 0.736. The van der Waals surface area contributed by atoms with Gasteiger partial charge in [-0.25, -0.2) is 0 Å². The number of aliphatic hydroxyl groups is 1. The standard InChI is InChI=1S/C12H11NO3/c14-9-10-6-7-13(15)12(8-10)16-11-4-2-1-3-5-11/h1-8,14H,9H2. The Bertz CT molecular complexity index is 471. The molecule has 0 unspecified atom stereocenters. The molecule has 0 fully saturated rings. The van der Waals surface area contributed by atoms with E-state index in [9.17, 15) is 5.21 Å². The second-order valence-corrected chi connectivity index (χ2v) is 3.27. The second kappa shape index (κ2) is 4.63. The highest BCUT2D eigenvalue weighted by Gasteiger charge is 2.08. The molecule has 0 saturated heterocycles. The summed E-state index contributed by atoms with van der Waals surface area (Å²) in [5.41, 5.74) is 0.637. The van der Waals surface area contributed by atoms with Gasteiger partial charge in [-0.3, -0.25) is 0 Å². The van der Waals surface area contributed by atoms with E-state index in [0.29, 0.717) is 16.0 Å². The molecule has 1 aromatic heterocycles. The Morgan fingerprint density at radius 2 is 1.94 bits per heavy atom. The number of para-hydroxylation sites is 1. The van der Waals surface area contributed by atoms with Gasteiger partial charge < -0.3 is 15.1 Å². The zero-order valence-electron chi connectivity index (χ0n) is 8.54. The Morgan fingerprint density at radius 1 is 1.19 bits per heavy atom. The van der Waals surface area contributed by atoms with Crippen molar-refractivity contribution in [2.24, 2.45) is 0 Å². The molecule has 0 atom stereocenters. The minimum Gasteiger partial charge on any atom is -0.616 e. The minimum absolute atomic E-state index is 0.119. The first-order chi connectivity index (χ1) is 7.79. The van der Waals surface area contributed by atoms with Crippen LogP contribution in [0.1, 0.15) is 5.56 Å². The van der Waals surface area contributed by atoms with E-state index in [0.717, 1.165) is 0 Å². The molecule has 0 aliphatic carbocycles. The molecule has 82 valence electrons. The average molecular weight is 217 g/mol. The fourth-order valence-corrected chi connectivity index (χ4v) is 1.29. The molecular formula is C12H11NO3. The molecule has 0 aliphatic rings. The van der Waals surface area contributed by atoms with E-state index >= 15 is 0 Å². The highest BCUT2D eigenvalue weighted by molar-refractivity contribution is 5.26. The van der Waals surface area contributed by atoms with Crippen LogP contribution in [0.3, 0.4) is 0 Å². The summed E-state index contributed by atoms with van der Waals surface area (Å²) in [6.07, 6.45) is 1.31. The van der Waals surface area contributed by atoms with Crippen LogP contribution in [0.15, 0.2) is 48.7 Å². The molecule has 2 aromatic rings. The third-order valence-corrected chi connectivity index (χ3v) is 2.10. The van der Waals surface area contributed by atoms with Crippen LogP contribution in [-0.4, -0.2) is 5.11 Å². The summed E-state index contributed by atoms with van der Waals surface area (Å²) in [6, 6.07) is 12.1. The van der Waals surface area contributed by atoms with Gasteiger partial charge in [0.05, 0.1) is 12.7 Å². The van der Waals surface area contributed by atoms with Gasteiger partial charge >= 0.3 is 5.88 Å². The van der Waals surface area contributed by atoms with Crippen LogP contribution >= 0.6 is 0 Å². The zero-order valence-corrected chi connectivity index (χ0v) is 8.54. The van der Waals surface area contributed by atoms with E-state index < -0.39 is 0 Å². The Morgan fingerprint density at radius 3 is 2.62 bits per heavy atom. The van der Waals surface area contributed by atoms with Gasteiger partial charge in [0.1, 0.15) is 5.75 Å². The molecule has 1 N–H and O–H groups in total. The molecule has 0 spiro atoms. The molecule has 0 saturated carbocycles. The Balaban J connectivity index is 2.27. The van der Waals surface area contributed by atoms with Crippen molar-refractivity contribution in [2.45, 2.75) is 6.61 Å². The van der Waals surface area contributed by atoms with E-state index in [-0.39, 0.29) is 12.5 Å². The zero-order chi connectivity index (χ0) is 11.4. The molecule has 16 heavy (non-hydrogen) atoms. The molecule has 0 bridgehead atoms. The predicted molar refractivity (Wildman–Crippen MR) is 57.8 cm³/mol. The lowest BCUT2D eigenvalue weighted by atomic mass is 10.3. The maximum atomic E-state index is 11.4. The number of benzene rings is 1. The van der Waals surface area contributed by atoms with E-state index in [4.69, 9.17) is 9.84 Å². The van der Waals surface area contributed by atoms with E-state index in [1.807, 2.05) is 18.2 Å². The lowest BCUT2D eigenvalue weighted by molar-refractivity contribution is -0.611. The summed E-state index contributed by atoms with van der Waals surface area (Å²) in [6.45, 7) is -0.119. The number of aromatic nitrogens is 1. The number of hydrogen-bond donors (Lipinski definition) is 1. The van der Waals surface area contributed by atoms with Crippen molar-refractivity contribution >= 4 is 0 Å². The van der Waals surface area contributed by atoms with Crippen LogP contribution in [-0.2, 0) is 6.61 Å². The summed E-state index contributed by atoms with van der Waals surface area (Å²) in [5, 5.41) is 20.4. The van der Waals surface area contributed by atoms with Gasteiger partial charge in [-0.2, -0.15) is 0 Å². The van der Waals surface area contributed by atoms with E-state index in [2.05, 4.69) is 0 Å². The van der Waals surface area contributed by atoms with Crippen molar-refractivity contribution in [3.8, 4) is 11.6 Å². The second-order valence-electron chi connectivity index (χ2n) is 3.27. The smallest absolute Gasteiger partial charge is 0.385 e. The first-order valence-corrected chi connectivity index (χ1v) is 4.85. The van der Waals surface area contributed by atoms with Crippen LogP contribution in [0.2, 0.25) is 0 Å². The van der Waals surface area contributed by atoms with Crippen LogP contribution in [0, 0.1) is 5.21 Å². The number of hydrogen-bond acceptors (Lipinski definition) is 3. The van der Waals surface area contributed by atoms with Gasteiger partial charge in [0, 0.05) is 6.07 Å². The first kappa shape index (κ1) is 10.4. The molecule has 1 heterocycles. The number of aliphatic hydroxyl groups excluding tert-OH is 1. The fraction of sp³-hybridized carbons (Fsp3) is 0.0833. The first-order valence-electron chi connectivity index (χ1n) is 4.85. The van der Waals surface area contributed by atoms with Gasteiger partial charge in [0.25, 0.3) is 0 Å². The highest BCUT2D eigenvalue weighted by atomic mass is 16.6. The summed E-state index contributed by atoms with van der Waals surface area (Å²) in [7, 11) is 0. The Labute approximate surface area is 92.9 Å². The largest absolute Gasteiger partial charge is 0.616 e. The summed E-state index contributed by atoms with van der Waals surface area (Å²) < 4.78 is 6.01. The maximum absolute atomic E-state index is 11.4. The number of rotatable bonds is 3. The van der Waals surface area contributed by atoms with E-state index in [1.165, 1.54) is 12.3 Å². The van der Waals surface area contributed by atoms with Gasteiger partial charge in [0.15, 0.2) is 6.20 Å². The SMILES string of the molecule is [O-][n+]1ccc(CO)cc1Oc1ccccc1. The quantitative estimate of drug-likeness (QED) is 0.627. The normalized spacial score (nSPS) is 10.1. The molecule has 2 rings (SSSR count). The highest BCUT2D eigenvalue weighted by Crippen LogP contribution is 2.17. The predicted octanol–water partition coefficient (Wildman–Crippen LogP) is 1.60. The molecule has 4 heteroatoms. The van der Waals surface area contributed by atoms with Crippen LogP contribution in [0.5, 0.6) is 11.6 Å². The topological polar surface area (TPSA) is 56.4 Å². The number of ether oxygens (including phenoxy) is 1. The van der Waals surface area contributed by atoms with Gasteiger partial charge in [-0.05, 0) is 17.7 Å². The summed E-state index contributed by atoms with van der Waals surface area (Å²) in [4.78, 5) is 0. The molecule has 0 aliphatic heterocycles. The molecule has 0 amide bonds. The maximum Gasteiger partial charge on any atom is 0.385 e. The van der Waals surface area contributed by atoms with Crippen molar-refractivity contribution in [2.75, 3.05) is 0 Å². The monoisotopic (exact) mass is 217 g/mol. The third kappa shape index (κ3) is 2.29. The Kier molecular flexibility index (Phi) is 3.03. The van der Waals surface area contributed by atoms with Crippen LogP contribution in [0.4, 0.5) is 0 Å². The lowest BCUT2D eigenvalue weighted by Crippen LogP contribution is -2.27. The van der Waals surface area contributed by atoms with Crippen LogP contribution in [0.25, 0.3) is 0 Å². The minimum atomic E-state index is -0.119. The number of nitrogens with zero attached hydrogens (tertiary/aromatic N) is 1. The van der Waals surface area contributed by atoms with Crippen molar-refractivity contribution in [3.63, 3.8) is 0 Å². The lowest BCUT2D eigenvalue weighted by Gasteiger charge is -2.06. The molecule has 4 nitrogen and oxygen atoms in total. The molecular weight excluding hydrogens is 206 g/mol. The Hall–Kier alpha value is -2.07. The van der Waals surface area contributed by atoms with Crippen molar-refractivity contribution < 1.29 is 14.6 Å². The van der Waals surface area contributed by atoms with E-state index in [1.54, 1.807) is 18.2 Å². The average Bonchev–Trinajstić information content (AvgIpc) is 2.33. The third-order valence-electron chi connectivity index (χ3n) is 2.10. The fourth-order valence-electron chi connectivity index (χ4n) is 1.29. The van der Waals surface area contributed by atoms with Gasteiger partial charge in [-0.15, -0.1) is 4.73 Å². The number of pyridine rings is 1. The molecule has 0 radical (unpaired) electrons. The molecule has 1 aromatic carbocycles. The van der Waals surface area contributed by atoms with Crippen LogP contribution < -0.4 is 9.47 Å². The van der Waals surface area contributed by atoms with Crippen molar-refractivity contribution in [1.82, 2.24) is 0 Å². The van der Waals surface area contributed by atoms with Gasteiger partial charge in [-0.1, -0.05) is 18.2 Å². The van der Waals surface area contributed by atoms with Crippen molar-refractivity contribution in [3.05, 3.63) is 59.4 Å².